The van der Waals surface area contributed by atoms with Gasteiger partial charge in [-0.05, 0) is 60.4 Å². The molecule has 2 aromatic rings. The second-order valence-electron chi connectivity index (χ2n) is 9.44. The Balaban J connectivity index is 1.29. The van der Waals surface area contributed by atoms with Crippen LogP contribution in [0.3, 0.4) is 0 Å². The van der Waals surface area contributed by atoms with Gasteiger partial charge in [0, 0.05) is 32.2 Å². The Morgan fingerprint density at radius 2 is 1.70 bits per heavy atom. The van der Waals surface area contributed by atoms with Gasteiger partial charge in [0.25, 0.3) is 0 Å². The third kappa shape index (κ3) is 4.81. The average Bonchev–Trinajstić information content (AvgIpc) is 3.67. The van der Waals surface area contributed by atoms with E-state index < -0.39 is 0 Å². The average molecular weight is 407 g/mol. The number of hydrogen-bond donors (Lipinski definition) is 1. The summed E-state index contributed by atoms with van der Waals surface area (Å²) in [5.41, 5.74) is 4.22. The first-order chi connectivity index (χ1) is 14.7. The number of nitrogens with one attached hydrogen (secondary N) is 1. The molecule has 3 aliphatic rings. The molecule has 2 aliphatic carbocycles. The molecule has 3 fully saturated rings. The molecule has 1 atom stereocenters. The van der Waals surface area contributed by atoms with Crippen LogP contribution >= 0.6 is 0 Å². The van der Waals surface area contributed by atoms with E-state index in [4.69, 9.17) is 9.47 Å². The number of hydrogen-bond acceptors (Lipinski definition) is 4. The number of benzene rings is 2. The Bertz CT molecular complexity index is 873. The number of nitrogens with zero attached hydrogens (tertiary/aromatic N) is 1. The van der Waals surface area contributed by atoms with Crippen LogP contribution in [-0.2, 0) is 6.54 Å². The van der Waals surface area contributed by atoms with Crippen molar-refractivity contribution in [3.63, 3.8) is 0 Å². The fraction of sp³-hybridized carbons (Fsp3) is 0.538. The molecule has 0 unspecified atom stereocenters. The van der Waals surface area contributed by atoms with Crippen LogP contribution in [0.15, 0.2) is 42.5 Å². The second-order valence-corrected chi connectivity index (χ2v) is 9.44. The zero-order valence-corrected chi connectivity index (χ0v) is 18.3. The summed E-state index contributed by atoms with van der Waals surface area (Å²) in [4.78, 5) is 2.57. The molecule has 4 nitrogen and oxygen atoms in total. The van der Waals surface area contributed by atoms with Crippen LogP contribution in [0.1, 0.15) is 68.2 Å². The van der Waals surface area contributed by atoms with Crippen molar-refractivity contribution in [2.45, 2.75) is 70.2 Å². The van der Waals surface area contributed by atoms with Gasteiger partial charge in [0.05, 0.1) is 12.2 Å². The highest BCUT2D eigenvalue weighted by molar-refractivity contribution is 5.44. The number of ether oxygens (including phenoxy) is 2. The van der Waals surface area contributed by atoms with Gasteiger partial charge < -0.3 is 14.8 Å². The van der Waals surface area contributed by atoms with Crippen LogP contribution in [0.5, 0.6) is 11.5 Å². The van der Waals surface area contributed by atoms with Crippen LogP contribution in [0.2, 0.25) is 0 Å². The van der Waals surface area contributed by atoms with Crippen molar-refractivity contribution in [1.82, 2.24) is 10.2 Å². The monoisotopic (exact) mass is 406 g/mol. The van der Waals surface area contributed by atoms with Crippen molar-refractivity contribution >= 4 is 0 Å². The highest BCUT2D eigenvalue weighted by Crippen LogP contribution is 2.38. The summed E-state index contributed by atoms with van der Waals surface area (Å²) in [6.07, 6.45) is 5.46. The molecule has 30 heavy (non-hydrogen) atoms. The van der Waals surface area contributed by atoms with Crippen LogP contribution in [0.4, 0.5) is 0 Å². The number of piperazine rings is 1. The van der Waals surface area contributed by atoms with Gasteiger partial charge in [-0.2, -0.15) is 0 Å². The minimum Gasteiger partial charge on any atom is -0.487 e. The van der Waals surface area contributed by atoms with Crippen LogP contribution in [0.25, 0.3) is 0 Å². The Morgan fingerprint density at radius 1 is 0.967 bits per heavy atom. The van der Waals surface area contributed by atoms with E-state index in [1.165, 1.54) is 42.4 Å². The topological polar surface area (TPSA) is 33.7 Å². The first kappa shape index (κ1) is 19.9. The smallest absolute Gasteiger partial charge is 0.161 e. The molecule has 0 spiro atoms. The molecule has 0 amide bonds. The highest BCUT2D eigenvalue weighted by Gasteiger charge is 2.29. The predicted molar refractivity (Wildman–Crippen MR) is 120 cm³/mol. The van der Waals surface area contributed by atoms with Crippen molar-refractivity contribution in [3.8, 4) is 11.5 Å². The molecular formula is C26H34N2O2. The maximum absolute atomic E-state index is 6.19. The molecule has 0 bridgehead atoms. The van der Waals surface area contributed by atoms with E-state index in [0.29, 0.717) is 24.2 Å². The summed E-state index contributed by atoms with van der Waals surface area (Å²) in [5, 5.41) is 3.74. The zero-order chi connectivity index (χ0) is 20.5. The summed E-state index contributed by atoms with van der Waals surface area (Å²) in [6, 6.07) is 15.8. The Hall–Kier alpha value is -2.04. The normalized spacial score (nSPS) is 22.3. The van der Waals surface area contributed by atoms with E-state index in [9.17, 15) is 0 Å². The van der Waals surface area contributed by atoms with Gasteiger partial charge >= 0.3 is 0 Å². The molecule has 0 radical (unpaired) electrons. The standard InChI is InChI=1S/C26H34N2O2/c1-18(2)22-5-3-4-6-23(22)24-17-28(14-13-27-24)16-19-7-12-25(29-20-8-9-20)26(15-19)30-21-10-11-21/h3-7,12,15,18,20-21,24,27H,8-11,13-14,16-17H2,1-2H3/t24-/m0/s1. The molecule has 5 rings (SSSR count). The molecule has 4 heteroatoms. The Morgan fingerprint density at radius 3 is 2.43 bits per heavy atom. The lowest BCUT2D eigenvalue weighted by atomic mass is 9.92. The van der Waals surface area contributed by atoms with E-state index in [-0.39, 0.29) is 0 Å². The predicted octanol–water partition coefficient (Wildman–Crippen LogP) is 5.04. The lowest BCUT2D eigenvalue weighted by molar-refractivity contribution is 0.192. The first-order valence-corrected chi connectivity index (χ1v) is 11.7. The van der Waals surface area contributed by atoms with Crippen molar-refractivity contribution in [1.29, 1.82) is 0 Å². The van der Waals surface area contributed by atoms with E-state index in [1.807, 2.05) is 0 Å². The fourth-order valence-corrected chi connectivity index (χ4v) is 4.35. The molecule has 1 N–H and O–H groups in total. The molecule has 2 aromatic carbocycles. The maximum Gasteiger partial charge on any atom is 0.161 e. The lowest BCUT2D eigenvalue weighted by Crippen LogP contribution is -2.45. The SMILES string of the molecule is CC(C)c1ccccc1[C@@H]1CN(Cc2ccc(OC3CC3)c(OC3CC3)c2)CCN1. The van der Waals surface area contributed by atoms with E-state index in [1.54, 1.807) is 0 Å². The summed E-state index contributed by atoms with van der Waals surface area (Å²) >= 11 is 0. The number of rotatable bonds is 8. The lowest BCUT2D eigenvalue weighted by Gasteiger charge is -2.35. The van der Waals surface area contributed by atoms with Crippen molar-refractivity contribution in [2.24, 2.45) is 0 Å². The van der Waals surface area contributed by atoms with Gasteiger partial charge in [-0.15, -0.1) is 0 Å². The van der Waals surface area contributed by atoms with Gasteiger partial charge in [0.2, 0.25) is 0 Å². The second kappa shape index (κ2) is 8.60. The molecular weight excluding hydrogens is 372 g/mol. The molecule has 1 heterocycles. The van der Waals surface area contributed by atoms with Crippen molar-refractivity contribution in [3.05, 3.63) is 59.2 Å². The molecule has 160 valence electrons. The van der Waals surface area contributed by atoms with Gasteiger partial charge in [-0.3, -0.25) is 4.90 Å². The van der Waals surface area contributed by atoms with Gasteiger partial charge in [0.15, 0.2) is 11.5 Å². The van der Waals surface area contributed by atoms with Gasteiger partial charge in [-0.25, -0.2) is 0 Å². The summed E-state index contributed by atoms with van der Waals surface area (Å²) in [5.74, 6) is 2.41. The highest BCUT2D eigenvalue weighted by atomic mass is 16.5. The van der Waals surface area contributed by atoms with E-state index in [2.05, 4.69) is 66.5 Å². The van der Waals surface area contributed by atoms with Crippen LogP contribution in [0, 0.1) is 0 Å². The van der Waals surface area contributed by atoms with E-state index in [0.717, 1.165) is 37.7 Å². The van der Waals surface area contributed by atoms with Crippen LogP contribution < -0.4 is 14.8 Å². The van der Waals surface area contributed by atoms with Crippen molar-refractivity contribution in [2.75, 3.05) is 19.6 Å². The first-order valence-electron chi connectivity index (χ1n) is 11.7. The zero-order valence-electron chi connectivity index (χ0n) is 18.3. The molecule has 1 aliphatic heterocycles. The van der Waals surface area contributed by atoms with Gasteiger partial charge in [-0.1, -0.05) is 44.2 Å². The quantitative estimate of drug-likeness (QED) is 0.666. The minimum absolute atomic E-state index is 0.386. The van der Waals surface area contributed by atoms with E-state index >= 15 is 0 Å². The Labute approximate surface area is 180 Å². The third-order valence-electron chi connectivity index (χ3n) is 6.30. The fourth-order valence-electron chi connectivity index (χ4n) is 4.35. The summed E-state index contributed by atoms with van der Waals surface area (Å²) in [6.45, 7) is 8.64. The molecule has 2 saturated carbocycles. The third-order valence-corrected chi connectivity index (χ3v) is 6.30. The maximum atomic E-state index is 6.19. The minimum atomic E-state index is 0.386. The Kier molecular flexibility index (Phi) is 5.70. The molecule has 0 aromatic heterocycles. The largest absolute Gasteiger partial charge is 0.487 e. The summed E-state index contributed by atoms with van der Waals surface area (Å²) in [7, 11) is 0. The van der Waals surface area contributed by atoms with Gasteiger partial charge in [0.1, 0.15) is 0 Å². The van der Waals surface area contributed by atoms with Crippen molar-refractivity contribution < 1.29 is 9.47 Å². The van der Waals surface area contributed by atoms with Crippen LogP contribution in [-0.4, -0.2) is 36.7 Å². The summed E-state index contributed by atoms with van der Waals surface area (Å²) < 4.78 is 12.3. The molecule has 1 saturated heterocycles.